The zero-order valence-electron chi connectivity index (χ0n) is 18.5. The number of hydroxylamine groups is 1. The van der Waals surface area contributed by atoms with Crippen molar-refractivity contribution < 1.29 is 19.2 Å². The van der Waals surface area contributed by atoms with Crippen LogP contribution >= 0.6 is 0 Å². The molecule has 0 bridgehead atoms. The second-order valence-electron chi connectivity index (χ2n) is 8.38. The van der Waals surface area contributed by atoms with Gasteiger partial charge in [-0.2, -0.15) is 0 Å². The Hall–Kier alpha value is -4.38. The predicted molar refractivity (Wildman–Crippen MR) is 129 cm³/mol. The van der Waals surface area contributed by atoms with Gasteiger partial charge in [-0.15, -0.1) is 5.06 Å². The minimum atomic E-state index is -0.622. The number of carbonyl (C=O) groups is 2. The summed E-state index contributed by atoms with van der Waals surface area (Å²) >= 11 is 0. The lowest BCUT2D eigenvalue weighted by Gasteiger charge is -2.20. The topological polar surface area (TPSA) is 55.8 Å². The van der Waals surface area contributed by atoms with Gasteiger partial charge in [0.05, 0.1) is 18.7 Å². The van der Waals surface area contributed by atoms with Gasteiger partial charge in [0.15, 0.2) is 0 Å². The number of para-hydroxylation sites is 2. The second kappa shape index (κ2) is 7.89. The van der Waals surface area contributed by atoms with Crippen molar-refractivity contribution >= 4 is 17.6 Å². The first-order chi connectivity index (χ1) is 16.7. The average molecular weight is 447 g/mol. The minimum Gasteiger partial charge on any atom is -0.496 e. The molecule has 166 valence electrons. The van der Waals surface area contributed by atoms with Crippen LogP contribution < -0.4 is 9.80 Å². The number of ether oxygens (including phenoxy) is 1. The van der Waals surface area contributed by atoms with E-state index in [-0.39, 0.29) is 5.91 Å². The largest absolute Gasteiger partial charge is 0.496 e. The van der Waals surface area contributed by atoms with Gasteiger partial charge in [-0.3, -0.25) is 4.79 Å². The number of benzene rings is 4. The van der Waals surface area contributed by atoms with E-state index < -0.39 is 17.8 Å². The monoisotopic (exact) mass is 447 g/mol. The Balaban J connectivity index is 1.39. The molecule has 0 saturated carbocycles. The van der Waals surface area contributed by atoms with E-state index in [9.17, 15) is 9.59 Å². The summed E-state index contributed by atoms with van der Waals surface area (Å²) < 4.78 is 5.52. The van der Waals surface area contributed by atoms with E-state index in [4.69, 9.17) is 9.57 Å². The van der Waals surface area contributed by atoms with E-state index in [1.54, 1.807) is 13.2 Å². The van der Waals surface area contributed by atoms with E-state index in [2.05, 4.69) is 0 Å². The Morgan fingerprint density at radius 3 is 1.88 bits per heavy atom. The number of methoxy groups -OCH3 is 1. The van der Waals surface area contributed by atoms with Crippen molar-refractivity contribution in [3.63, 3.8) is 0 Å². The Morgan fingerprint density at radius 1 is 0.706 bits per heavy atom. The fraction of sp³-hybridized carbons (Fsp3) is 0.103. The van der Waals surface area contributed by atoms with Crippen molar-refractivity contribution in [2.24, 2.45) is 0 Å². The second-order valence-corrected chi connectivity index (χ2v) is 8.38. The standard InChI is InChI=1S/C29H21NO4/c1-33-25-17-9-7-15-23(25)26-22-14-6-8-16-24(22)30(28(26)31)34-29(32)27-20-12-4-2-10-18(20)19-11-3-5-13-21(19)27/h2-17,26-27H,1H3/t26-/m0/s1. The number of hydrogen-bond acceptors (Lipinski definition) is 4. The SMILES string of the molecule is COc1ccccc1[C@H]1C(=O)N(OC(=O)C2c3ccccc3-c3ccccc32)c2ccccc21. The van der Waals surface area contributed by atoms with Crippen molar-refractivity contribution in [3.05, 3.63) is 119 Å². The molecule has 0 aromatic heterocycles. The third kappa shape index (κ3) is 2.94. The third-order valence-electron chi connectivity index (χ3n) is 6.61. The normalized spacial score (nSPS) is 16.1. The summed E-state index contributed by atoms with van der Waals surface area (Å²) in [6, 6.07) is 30.5. The van der Waals surface area contributed by atoms with E-state index in [1.807, 2.05) is 91.0 Å². The van der Waals surface area contributed by atoms with Gasteiger partial charge in [-0.1, -0.05) is 84.9 Å². The molecule has 6 rings (SSSR count). The highest BCUT2D eigenvalue weighted by molar-refractivity contribution is 6.07. The van der Waals surface area contributed by atoms with Crippen LogP contribution in [0.3, 0.4) is 0 Å². The Morgan fingerprint density at radius 2 is 1.24 bits per heavy atom. The van der Waals surface area contributed by atoms with Crippen LogP contribution in [-0.2, 0) is 14.4 Å². The molecule has 0 saturated heterocycles. The van der Waals surface area contributed by atoms with Crippen molar-refractivity contribution in [1.29, 1.82) is 0 Å². The third-order valence-corrected chi connectivity index (χ3v) is 6.61. The summed E-state index contributed by atoms with van der Waals surface area (Å²) in [6.45, 7) is 0. The summed E-state index contributed by atoms with van der Waals surface area (Å²) in [5.41, 5.74) is 5.87. The molecule has 0 N–H and O–H groups in total. The zero-order chi connectivity index (χ0) is 23.2. The molecule has 5 nitrogen and oxygen atoms in total. The van der Waals surface area contributed by atoms with Gasteiger partial charge in [-0.25, -0.2) is 4.79 Å². The number of carbonyl (C=O) groups excluding carboxylic acids is 2. The van der Waals surface area contributed by atoms with E-state index in [1.165, 1.54) is 0 Å². The first kappa shape index (κ1) is 20.2. The lowest BCUT2D eigenvalue weighted by molar-refractivity contribution is -0.150. The Kier molecular flexibility index (Phi) is 4.69. The summed E-state index contributed by atoms with van der Waals surface area (Å²) in [4.78, 5) is 33.2. The molecule has 0 spiro atoms. The van der Waals surface area contributed by atoms with Gasteiger partial charge in [0.2, 0.25) is 0 Å². The summed E-state index contributed by atoms with van der Waals surface area (Å²) in [7, 11) is 1.58. The summed E-state index contributed by atoms with van der Waals surface area (Å²) in [5, 5.41) is 1.15. The fourth-order valence-electron chi connectivity index (χ4n) is 5.14. The molecule has 5 heteroatoms. The maximum atomic E-state index is 13.7. The summed E-state index contributed by atoms with van der Waals surface area (Å²) in [6.07, 6.45) is 0. The molecule has 1 atom stereocenters. The van der Waals surface area contributed by atoms with E-state index >= 15 is 0 Å². The highest BCUT2D eigenvalue weighted by Gasteiger charge is 2.44. The zero-order valence-corrected chi connectivity index (χ0v) is 18.5. The Bertz CT molecular complexity index is 1400. The van der Waals surface area contributed by atoms with E-state index in [0.717, 1.165) is 38.4 Å². The maximum Gasteiger partial charge on any atom is 0.344 e. The lowest BCUT2D eigenvalue weighted by atomic mass is 9.92. The predicted octanol–water partition coefficient (Wildman–Crippen LogP) is 5.44. The van der Waals surface area contributed by atoms with Gasteiger partial charge in [0, 0.05) is 5.56 Å². The van der Waals surface area contributed by atoms with Crippen LogP contribution in [0.4, 0.5) is 5.69 Å². The molecule has 1 aliphatic heterocycles. The first-order valence-corrected chi connectivity index (χ1v) is 11.1. The molecule has 4 aromatic carbocycles. The number of nitrogens with zero attached hydrogens (tertiary/aromatic N) is 1. The van der Waals surface area contributed by atoms with Crippen molar-refractivity contribution in [1.82, 2.24) is 0 Å². The van der Waals surface area contributed by atoms with Crippen LogP contribution in [0, 0.1) is 0 Å². The quantitative estimate of drug-likeness (QED) is 0.418. The van der Waals surface area contributed by atoms with Crippen molar-refractivity contribution in [2.75, 3.05) is 12.2 Å². The molecule has 4 aromatic rings. The Labute approximate surface area is 197 Å². The van der Waals surface area contributed by atoms with Crippen LogP contribution in [0.15, 0.2) is 97.1 Å². The van der Waals surface area contributed by atoms with Crippen LogP contribution in [-0.4, -0.2) is 19.0 Å². The number of hydrogen-bond donors (Lipinski definition) is 0. The molecule has 1 amide bonds. The number of rotatable bonds is 4. The number of anilines is 1. The van der Waals surface area contributed by atoms with Crippen LogP contribution in [0.2, 0.25) is 0 Å². The van der Waals surface area contributed by atoms with Crippen molar-refractivity contribution in [3.8, 4) is 16.9 Å². The van der Waals surface area contributed by atoms with Gasteiger partial charge < -0.3 is 9.57 Å². The molecule has 1 aliphatic carbocycles. The molecular formula is C29H21NO4. The highest BCUT2D eigenvalue weighted by Crippen LogP contribution is 2.47. The van der Waals surface area contributed by atoms with E-state index in [0.29, 0.717) is 11.4 Å². The number of fused-ring (bicyclic) bond motifs is 4. The molecule has 0 unspecified atom stereocenters. The van der Waals surface area contributed by atoms with Gasteiger partial charge in [0.25, 0.3) is 5.91 Å². The number of amides is 1. The highest BCUT2D eigenvalue weighted by atomic mass is 16.7. The molecular weight excluding hydrogens is 426 g/mol. The van der Waals surface area contributed by atoms with Crippen LogP contribution in [0.25, 0.3) is 11.1 Å². The van der Waals surface area contributed by atoms with Crippen molar-refractivity contribution in [2.45, 2.75) is 11.8 Å². The molecule has 0 radical (unpaired) electrons. The molecule has 0 fully saturated rings. The minimum absolute atomic E-state index is 0.321. The van der Waals surface area contributed by atoms with Gasteiger partial charge in [0.1, 0.15) is 11.7 Å². The van der Waals surface area contributed by atoms with Gasteiger partial charge >= 0.3 is 5.97 Å². The van der Waals surface area contributed by atoms with Gasteiger partial charge in [-0.05, 0) is 39.9 Å². The molecule has 2 aliphatic rings. The molecule has 1 heterocycles. The van der Waals surface area contributed by atoms with Crippen LogP contribution in [0.1, 0.15) is 34.1 Å². The fourth-order valence-corrected chi connectivity index (χ4v) is 5.14. The lowest BCUT2D eigenvalue weighted by Crippen LogP contribution is -2.34. The van der Waals surface area contributed by atoms with Crippen LogP contribution in [0.5, 0.6) is 5.75 Å². The average Bonchev–Trinajstić information content (AvgIpc) is 3.36. The first-order valence-electron chi connectivity index (χ1n) is 11.1. The smallest absolute Gasteiger partial charge is 0.344 e. The maximum absolute atomic E-state index is 13.7. The summed E-state index contributed by atoms with van der Waals surface area (Å²) in [5.74, 6) is -1.41. The molecule has 34 heavy (non-hydrogen) atoms.